The monoisotopic (exact) mass is 331 g/mol. The summed E-state index contributed by atoms with van der Waals surface area (Å²) in [6, 6.07) is 8.48. The highest BCUT2D eigenvalue weighted by Gasteiger charge is 2.50. The first-order valence-electron chi connectivity index (χ1n) is 9.16. The molecule has 4 heteroatoms. The second kappa shape index (κ2) is 7.14. The predicted octanol–water partition coefficient (Wildman–Crippen LogP) is 3.91. The number of carboxylic acid groups (broad SMARTS) is 1. The van der Waals surface area contributed by atoms with Gasteiger partial charge in [0.2, 0.25) is 0 Å². The molecule has 3 rings (SSSR count). The van der Waals surface area contributed by atoms with Crippen molar-refractivity contribution in [2.75, 3.05) is 20.2 Å². The van der Waals surface area contributed by atoms with Gasteiger partial charge in [0, 0.05) is 25.0 Å². The number of nitrogens with zero attached hydrogens (tertiary/aromatic N) is 1. The van der Waals surface area contributed by atoms with E-state index in [0.29, 0.717) is 12.6 Å². The van der Waals surface area contributed by atoms with Crippen LogP contribution in [0.1, 0.15) is 56.9 Å². The van der Waals surface area contributed by atoms with Crippen LogP contribution in [0.2, 0.25) is 0 Å². The lowest BCUT2D eigenvalue weighted by Crippen LogP contribution is -2.38. The van der Waals surface area contributed by atoms with Crippen LogP contribution in [-0.4, -0.2) is 42.2 Å². The van der Waals surface area contributed by atoms with Crippen LogP contribution in [0.25, 0.3) is 0 Å². The molecule has 0 aromatic heterocycles. The third-order valence-corrected chi connectivity index (χ3v) is 6.07. The molecule has 24 heavy (non-hydrogen) atoms. The molecule has 1 saturated heterocycles. The first-order chi connectivity index (χ1) is 11.5. The molecule has 4 nitrogen and oxygen atoms in total. The van der Waals surface area contributed by atoms with Crippen LogP contribution in [0.5, 0.6) is 5.75 Å². The van der Waals surface area contributed by atoms with Gasteiger partial charge in [-0.3, -0.25) is 9.69 Å². The highest BCUT2D eigenvalue weighted by molar-refractivity contribution is 5.76. The Morgan fingerprint density at radius 3 is 2.33 bits per heavy atom. The Morgan fingerprint density at radius 2 is 1.79 bits per heavy atom. The standard InChI is InChI=1S/C20H29NO3/c1-20(19(22)23)14-21(16-7-5-3-4-6-8-16)13-18(20)15-9-11-17(24-2)12-10-15/h9-12,16,18H,3-8,13-14H2,1-2H3,(H,22,23)/t18-,20+/m0/s1. The third-order valence-electron chi connectivity index (χ3n) is 6.07. The minimum Gasteiger partial charge on any atom is -0.497 e. The van der Waals surface area contributed by atoms with E-state index in [0.717, 1.165) is 17.9 Å². The SMILES string of the molecule is COc1ccc([C@@H]2CN(C3CCCCCC3)C[C@@]2(C)C(=O)O)cc1. The Labute approximate surface area is 144 Å². The lowest BCUT2D eigenvalue weighted by molar-refractivity contribution is -0.148. The Kier molecular flexibility index (Phi) is 5.14. The van der Waals surface area contributed by atoms with E-state index in [1.54, 1.807) is 7.11 Å². The van der Waals surface area contributed by atoms with Gasteiger partial charge in [-0.05, 0) is 37.5 Å². The maximum atomic E-state index is 12.1. The van der Waals surface area contributed by atoms with Crippen LogP contribution in [0.3, 0.4) is 0 Å². The summed E-state index contributed by atoms with van der Waals surface area (Å²) >= 11 is 0. The zero-order valence-electron chi connectivity index (χ0n) is 14.8. The van der Waals surface area contributed by atoms with Crippen LogP contribution in [0.15, 0.2) is 24.3 Å². The number of hydrogen-bond donors (Lipinski definition) is 1. The summed E-state index contributed by atoms with van der Waals surface area (Å²) in [7, 11) is 1.65. The summed E-state index contributed by atoms with van der Waals surface area (Å²) in [5, 5.41) is 9.93. The maximum Gasteiger partial charge on any atom is 0.311 e. The summed E-state index contributed by atoms with van der Waals surface area (Å²) in [5.74, 6) is 0.165. The molecule has 132 valence electrons. The molecule has 2 aliphatic rings. The van der Waals surface area contributed by atoms with Gasteiger partial charge < -0.3 is 9.84 Å². The number of carbonyl (C=O) groups is 1. The largest absolute Gasteiger partial charge is 0.497 e. The van der Waals surface area contributed by atoms with Crippen LogP contribution in [0, 0.1) is 5.41 Å². The summed E-state index contributed by atoms with van der Waals surface area (Å²) in [6.45, 7) is 3.42. The number of aliphatic carboxylic acids is 1. The van der Waals surface area contributed by atoms with E-state index in [4.69, 9.17) is 4.74 Å². The highest BCUT2D eigenvalue weighted by atomic mass is 16.5. The number of hydrogen-bond acceptors (Lipinski definition) is 3. The molecule has 1 aromatic rings. The van der Waals surface area contributed by atoms with E-state index in [1.807, 2.05) is 31.2 Å². The van der Waals surface area contributed by atoms with Gasteiger partial charge in [-0.25, -0.2) is 0 Å². The molecule has 0 radical (unpaired) electrons. The minimum atomic E-state index is -0.721. The highest BCUT2D eigenvalue weighted by Crippen LogP contribution is 2.45. The van der Waals surface area contributed by atoms with E-state index in [2.05, 4.69) is 4.90 Å². The van der Waals surface area contributed by atoms with Crippen molar-refractivity contribution in [3.63, 3.8) is 0 Å². The molecule has 0 bridgehead atoms. The van der Waals surface area contributed by atoms with Crippen molar-refractivity contribution < 1.29 is 14.6 Å². The van der Waals surface area contributed by atoms with Crippen molar-refractivity contribution in [3.8, 4) is 5.75 Å². The molecule has 1 saturated carbocycles. The number of likely N-dealkylation sites (tertiary alicyclic amines) is 1. The van der Waals surface area contributed by atoms with E-state index in [9.17, 15) is 9.90 Å². The van der Waals surface area contributed by atoms with Gasteiger partial charge >= 0.3 is 5.97 Å². The van der Waals surface area contributed by atoms with E-state index in [1.165, 1.54) is 38.5 Å². The molecule has 1 N–H and O–H groups in total. The van der Waals surface area contributed by atoms with Gasteiger partial charge in [0.1, 0.15) is 5.75 Å². The van der Waals surface area contributed by atoms with Gasteiger partial charge in [-0.1, -0.05) is 37.8 Å². The summed E-state index contributed by atoms with van der Waals surface area (Å²) in [6.07, 6.45) is 7.62. The molecular formula is C20H29NO3. The average Bonchev–Trinajstić information content (AvgIpc) is 2.77. The second-order valence-electron chi connectivity index (χ2n) is 7.62. The lowest BCUT2D eigenvalue weighted by Gasteiger charge is -2.28. The zero-order chi connectivity index (χ0) is 17.2. The van der Waals surface area contributed by atoms with Crippen LogP contribution in [0.4, 0.5) is 0 Å². The Hall–Kier alpha value is -1.55. The van der Waals surface area contributed by atoms with Gasteiger partial charge in [0.05, 0.1) is 12.5 Å². The molecule has 1 heterocycles. The molecule has 1 aliphatic heterocycles. The topological polar surface area (TPSA) is 49.8 Å². The molecule has 0 spiro atoms. The van der Waals surface area contributed by atoms with Gasteiger partial charge in [0.15, 0.2) is 0 Å². The fraction of sp³-hybridized carbons (Fsp3) is 0.650. The molecule has 1 aliphatic carbocycles. The van der Waals surface area contributed by atoms with Crippen molar-refractivity contribution in [3.05, 3.63) is 29.8 Å². The molecule has 0 amide bonds. The fourth-order valence-corrected chi connectivity index (χ4v) is 4.46. The maximum absolute atomic E-state index is 12.1. The number of ether oxygens (including phenoxy) is 1. The van der Waals surface area contributed by atoms with Crippen molar-refractivity contribution in [2.45, 2.75) is 57.4 Å². The van der Waals surface area contributed by atoms with Crippen molar-refractivity contribution >= 4 is 5.97 Å². The van der Waals surface area contributed by atoms with Gasteiger partial charge in [-0.2, -0.15) is 0 Å². The van der Waals surface area contributed by atoms with Gasteiger partial charge in [0.25, 0.3) is 0 Å². The summed E-state index contributed by atoms with van der Waals surface area (Å²) < 4.78 is 5.23. The average molecular weight is 331 g/mol. The number of methoxy groups -OCH3 is 1. The Balaban J connectivity index is 1.83. The number of benzene rings is 1. The van der Waals surface area contributed by atoms with Crippen molar-refractivity contribution in [2.24, 2.45) is 5.41 Å². The molecular weight excluding hydrogens is 302 g/mol. The fourth-order valence-electron chi connectivity index (χ4n) is 4.46. The minimum absolute atomic E-state index is 0.0316. The van der Waals surface area contributed by atoms with Crippen molar-refractivity contribution in [1.82, 2.24) is 4.90 Å². The predicted molar refractivity (Wildman–Crippen MR) is 94.5 cm³/mol. The van der Waals surface area contributed by atoms with Crippen molar-refractivity contribution in [1.29, 1.82) is 0 Å². The first-order valence-corrected chi connectivity index (χ1v) is 9.16. The summed E-state index contributed by atoms with van der Waals surface area (Å²) in [5.41, 5.74) is 0.387. The van der Waals surface area contributed by atoms with Crippen LogP contribution in [-0.2, 0) is 4.79 Å². The quantitative estimate of drug-likeness (QED) is 0.850. The van der Waals surface area contributed by atoms with Crippen LogP contribution < -0.4 is 4.74 Å². The molecule has 2 atom stereocenters. The van der Waals surface area contributed by atoms with Crippen LogP contribution >= 0.6 is 0 Å². The van der Waals surface area contributed by atoms with E-state index >= 15 is 0 Å². The summed E-state index contributed by atoms with van der Waals surface area (Å²) in [4.78, 5) is 14.5. The lowest BCUT2D eigenvalue weighted by atomic mass is 9.76. The molecule has 0 unspecified atom stereocenters. The zero-order valence-corrected chi connectivity index (χ0v) is 14.8. The normalized spacial score (nSPS) is 29.3. The van der Waals surface area contributed by atoms with Gasteiger partial charge in [-0.15, -0.1) is 0 Å². The Bertz CT molecular complexity index is 563. The molecule has 1 aromatic carbocycles. The first kappa shape index (κ1) is 17.3. The second-order valence-corrected chi connectivity index (χ2v) is 7.62. The third kappa shape index (κ3) is 3.30. The number of carboxylic acids is 1. The molecule has 2 fully saturated rings. The Morgan fingerprint density at radius 1 is 1.17 bits per heavy atom. The van der Waals surface area contributed by atoms with E-state index in [-0.39, 0.29) is 5.92 Å². The van der Waals surface area contributed by atoms with E-state index < -0.39 is 11.4 Å². The number of rotatable bonds is 4. The smallest absolute Gasteiger partial charge is 0.311 e.